The highest BCUT2D eigenvalue weighted by Gasteiger charge is 2.49. The number of fused-ring (bicyclic) bond motifs is 3. The van der Waals surface area contributed by atoms with Crippen molar-refractivity contribution in [3.05, 3.63) is 36.4 Å². The van der Waals surface area contributed by atoms with Crippen LogP contribution in [0, 0.1) is 11.3 Å². The second-order valence-corrected chi connectivity index (χ2v) is 11.5. The minimum atomic E-state index is -0.514. The van der Waals surface area contributed by atoms with Gasteiger partial charge in [0.1, 0.15) is 29.8 Å². The van der Waals surface area contributed by atoms with Crippen LogP contribution in [0.1, 0.15) is 32.8 Å². The van der Waals surface area contributed by atoms with Gasteiger partial charge < -0.3 is 19.1 Å². The molecule has 0 aliphatic carbocycles. The first kappa shape index (κ1) is 26.3. The average molecular weight is 547 g/mol. The van der Waals surface area contributed by atoms with E-state index in [1.165, 1.54) is 0 Å². The van der Waals surface area contributed by atoms with Crippen molar-refractivity contribution in [2.75, 3.05) is 57.4 Å². The van der Waals surface area contributed by atoms with Crippen molar-refractivity contribution in [3.8, 4) is 23.1 Å². The Morgan fingerprint density at radius 2 is 1.93 bits per heavy atom. The van der Waals surface area contributed by atoms with Crippen molar-refractivity contribution in [2.24, 2.45) is 0 Å². The van der Waals surface area contributed by atoms with Crippen molar-refractivity contribution in [1.29, 1.82) is 5.26 Å². The monoisotopic (exact) mass is 546 g/mol. The lowest BCUT2D eigenvalue weighted by Crippen LogP contribution is -2.70. The molecule has 7 heterocycles. The van der Waals surface area contributed by atoms with E-state index in [9.17, 15) is 10.1 Å². The molecule has 0 saturated carbocycles. The number of piperidine rings is 1. The predicted molar refractivity (Wildman–Crippen MR) is 146 cm³/mol. The summed E-state index contributed by atoms with van der Waals surface area (Å²) >= 11 is 0. The molecule has 12 nitrogen and oxygen atoms in total. The first-order chi connectivity index (χ1) is 19.3. The van der Waals surface area contributed by atoms with Crippen LogP contribution in [0.5, 0.6) is 5.75 Å². The molecule has 0 spiro atoms. The molecular weight excluding hydrogens is 512 g/mol. The summed E-state index contributed by atoms with van der Waals surface area (Å²) < 4.78 is 18.8. The van der Waals surface area contributed by atoms with Gasteiger partial charge in [-0.1, -0.05) is 0 Å². The lowest BCUT2D eigenvalue weighted by molar-refractivity contribution is -0.0380. The number of anilines is 1. The number of ether oxygens (including phenoxy) is 3. The number of amides is 1. The molecule has 40 heavy (non-hydrogen) atoms. The van der Waals surface area contributed by atoms with Gasteiger partial charge in [-0.3, -0.25) is 14.8 Å². The van der Waals surface area contributed by atoms with Crippen LogP contribution >= 0.6 is 0 Å². The maximum absolute atomic E-state index is 12.6. The highest BCUT2D eigenvalue weighted by molar-refractivity contribution is 5.83. The minimum Gasteiger partial charge on any atom is -0.491 e. The Labute approximate surface area is 233 Å². The summed E-state index contributed by atoms with van der Waals surface area (Å²) in [4.78, 5) is 28.4. The number of carbonyl (C=O) groups excluding carboxylic acids is 1. The molecule has 1 amide bonds. The number of hydrogen-bond donors (Lipinski definition) is 0. The van der Waals surface area contributed by atoms with E-state index in [0.717, 1.165) is 50.7 Å². The number of morpholine rings is 1. The van der Waals surface area contributed by atoms with Crippen LogP contribution in [0.2, 0.25) is 0 Å². The van der Waals surface area contributed by atoms with Gasteiger partial charge in [-0.2, -0.15) is 10.4 Å². The lowest BCUT2D eigenvalue weighted by atomic mass is 9.88. The molecule has 2 bridgehead atoms. The molecule has 4 fully saturated rings. The predicted octanol–water partition coefficient (Wildman–Crippen LogP) is 2.57. The molecule has 0 radical (unpaired) electrons. The second-order valence-electron chi connectivity index (χ2n) is 11.5. The maximum Gasteiger partial charge on any atom is 0.410 e. The molecule has 4 aliphatic rings. The molecule has 2 unspecified atom stereocenters. The number of nitriles is 1. The number of carbonyl (C=O) groups is 1. The quantitative estimate of drug-likeness (QED) is 0.456. The Morgan fingerprint density at radius 3 is 2.60 bits per heavy atom. The summed E-state index contributed by atoms with van der Waals surface area (Å²) in [6.45, 7) is 11.6. The second kappa shape index (κ2) is 10.6. The number of aromatic nitrogens is 4. The summed E-state index contributed by atoms with van der Waals surface area (Å²) in [5, 5.41) is 14.1. The Bertz CT molecular complexity index is 1410. The molecule has 210 valence electrons. The summed E-state index contributed by atoms with van der Waals surface area (Å²) in [6.07, 6.45) is 7.53. The summed E-state index contributed by atoms with van der Waals surface area (Å²) in [5.41, 5.74) is 1.97. The van der Waals surface area contributed by atoms with Crippen LogP contribution < -0.4 is 9.64 Å². The number of pyridine rings is 1. The average Bonchev–Trinajstić information content (AvgIpc) is 3.35. The van der Waals surface area contributed by atoms with Crippen LogP contribution in [-0.2, 0) is 9.47 Å². The van der Waals surface area contributed by atoms with Crippen LogP contribution in [0.25, 0.3) is 16.8 Å². The molecule has 3 aromatic rings. The molecule has 3 aromatic heterocycles. The van der Waals surface area contributed by atoms with Gasteiger partial charge in [-0.15, -0.1) is 0 Å². The number of piperazine rings is 1. The minimum absolute atomic E-state index is 0.103. The number of rotatable bonds is 6. The number of nitrogens with zero attached hydrogens (tertiary/aromatic N) is 8. The Hall–Kier alpha value is -3.95. The van der Waals surface area contributed by atoms with Gasteiger partial charge in [0.25, 0.3) is 0 Å². The van der Waals surface area contributed by atoms with Crippen LogP contribution in [0.3, 0.4) is 0 Å². The first-order valence-electron chi connectivity index (χ1n) is 13.7. The molecule has 4 saturated heterocycles. The van der Waals surface area contributed by atoms with Gasteiger partial charge in [0.15, 0.2) is 0 Å². The molecule has 0 N–H and O–H groups in total. The van der Waals surface area contributed by atoms with E-state index in [0.29, 0.717) is 42.2 Å². The topological polar surface area (TPSA) is 121 Å². The Balaban J connectivity index is 1.17. The van der Waals surface area contributed by atoms with E-state index in [1.807, 2.05) is 31.7 Å². The van der Waals surface area contributed by atoms with E-state index in [1.54, 1.807) is 29.3 Å². The van der Waals surface area contributed by atoms with Crippen molar-refractivity contribution in [1.82, 2.24) is 29.4 Å². The molecule has 12 heteroatoms. The fourth-order valence-corrected chi connectivity index (χ4v) is 5.60. The zero-order chi connectivity index (χ0) is 27.9. The fraction of sp³-hybridized carbons (Fsp3) is 0.536. The molecule has 7 rings (SSSR count). The third-order valence-corrected chi connectivity index (χ3v) is 7.52. The normalized spacial score (nSPS) is 21.1. The van der Waals surface area contributed by atoms with E-state index >= 15 is 0 Å². The molecular formula is C28H34N8O4. The summed E-state index contributed by atoms with van der Waals surface area (Å²) in [7, 11) is 0. The van der Waals surface area contributed by atoms with Gasteiger partial charge >= 0.3 is 6.09 Å². The van der Waals surface area contributed by atoms with Gasteiger partial charge in [0.05, 0.1) is 66.9 Å². The fourth-order valence-electron chi connectivity index (χ4n) is 5.60. The van der Waals surface area contributed by atoms with E-state index in [-0.39, 0.29) is 18.2 Å². The van der Waals surface area contributed by atoms with E-state index < -0.39 is 5.60 Å². The zero-order valence-corrected chi connectivity index (χ0v) is 23.1. The van der Waals surface area contributed by atoms with Crippen LogP contribution in [0.4, 0.5) is 10.6 Å². The summed E-state index contributed by atoms with van der Waals surface area (Å²) in [5.74, 6) is 1.40. The molecule has 0 aromatic carbocycles. The third kappa shape index (κ3) is 5.26. The van der Waals surface area contributed by atoms with E-state index in [2.05, 4.69) is 21.0 Å². The standard InChI is InChI=1S/C28H34N8O4/c1-28(2,3)40-27(37)36-20-10-21(36)17-34(16-20)25-15-30-24(14-31-25)23-11-22(18-35-26(23)19(12-29)13-32-35)39-9-6-33-4-7-38-8-5-33/h11,13-15,18,20-21H,4-10,16-17H2,1-3H3. The van der Waals surface area contributed by atoms with Crippen LogP contribution in [0.15, 0.2) is 30.9 Å². The lowest BCUT2D eigenvalue weighted by Gasteiger charge is -2.55. The highest BCUT2D eigenvalue weighted by atomic mass is 16.6. The Morgan fingerprint density at radius 1 is 1.15 bits per heavy atom. The van der Waals surface area contributed by atoms with Crippen LogP contribution in [-0.4, -0.2) is 106 Å². The Kier molecular flexibility index (Phi) is 6.93. The van der Waals surface area contributed by atoms with Gasteiger partial charge in [-0.05, 0) is 33.3 Å². The van der Waals surface area contributed by atoms with Crippen molar-refractivity contribution >= 4 is 17.4 Å². The first-order valence-corrected chi connectivity index (χ1v) is 13.7. The molecule has 4 aliphatic heterocycles. The van der Waals surface area contributed by atoms with Crippen molar-refractivity contribution in [3.63, 3.8) is 0 Å². The van der Waals surface area contributed by atoms with Gasteiger partial charge in [0, 0.05) is 38.3 Å². The summed E-state index contributed by atoms with van der Waals surface area (Å²) in [6, 6.07) is 4.33. The highest BCUT2D eigenvalue weighted by Crippen LogP contribution is 2.36. The van der Waals surface area contributed by atoms with E-state index in [4.69, 9.17) is 24.2 Å². The molecule has 2 atom stereocenters. The van der Waals surface area contributed by atoms with Gasteiger partial charge in [-0.25, -0.2) is 14.3 Å². The number of hydrogen-bond acceptors (Lipinski definition) is 10. The van der Waals surface area contributed by atoms with Gasteiger partial charge in [0.2, 0.25) is 0 Å². The SMILES string of the molecule is CC(C)(C)OC(=O)N1C2CC1CN(c1cnc(-c3cc(OCCN4CCOCC4)cn4ncc(C#N)c34)cn1)C2. The van der Waals surface area contributed by atoms with Crippen molar-refractivity contribution in [2.45, 2.75) is 44.9 Å². The zero-order valence-electron chi connectivity index (χ0n) is 23.1. The third-order valence-electron chi connectivity index (χ3n) is 7.52. The largest absolute Gasteiger partial charge is 0.491 e. The smallest absolute Gasteiger partial charge is 0.410 e. The maximum atomic E-state index is 12.6. The van der Waals surface area contributed by atoms with Crippen molar-refractivity contribution < 1.29 is 19.0 Å².